The lowest BCUT2D eigenvalue weighted by Gasteiger charge is -2.48. The van der Waals surface area contributed by atoms with Crippen molar-refractivity contribution in [3.63, 3.8) is 0 Å². The van der Waals surface area contributed by atoms with Gasteiger partial charge in [0.2, 0.25) is 0 Å². The van der Waals surface area contributed by atoms with Crippen LogP contribution in [0.3, 0.4) is 0 Å². The zero-order valence-electron chi connectivity index (χ0n) is 20.6. The van der Waals surface area contributed by atoms with Gasteiger partial charge in [-0.3, -0.25) is 0 Å². The van der Waals surface area contributed by atoms with Crippen LogP contribution in [-0.4, -0.2) is 4.43 Å². The average molecular weight is 656 g/mol. The highest BCUT2D eigenvalue weighted by atomic mass is 127. The second-order valence-corrected chi connectivity index (χ2v) is 12.2. The maximum Gasteiger partial charge on any atom is 0.0567 e. The van der Waals surface area contributed by atoms with Crippen LogP contribution < -0.4 is 4.90 Å². The Labute approximate surface area is 241 Å². The number of hydrogen-bond acceptors (Lipinski definition) is 1. The van der Waals surface area contributed by atoms with Crippen LogP contribution in [0.1, 0.15) is 46.6 Å². The maximum atomic E-state index is 3.99. The molecule has 4 unspecified atom stereocenters. The predicted octanol–water partition coefficient (Wildman–Crippen LogP) is 9.90. The Hall–Kier alpha value is -2.63. The third-order valence-electron chi connectivity index (χ3n) is 8.52. The first-order valence-corrected chi connectivity index (χ1v) is 15.3. The third kappa shape index (κ3) is 3.26. The monoisotopic (exact) mass is 655 g/mol. The molecule has 182 valence electrons. The Kier molecular flexibility index (Phi) is 5.71. The van der Waals surface area contributed by atoms with E-state index in [1.807, 2.05) is 0 Å². The summed E-state index contributed by atoms with van der Waals surface area (Å²) >= 11 is 6.51. The molecule has 1 spiro atoms. The van der Waals surface area contributed by atoms with E-state index in [1.165, 1.54) is 49.4 Å². The summed E-state index contributed by atoms with van der Waals surface area (Å²) in [5.41, 5.74) is 10.6. The number of anilines is 3. The number of rotatable bonds is 3. The van der Waals surface area contributed by atoms with Crippen molar-refractivity contribution in [2.24, 2.45) is 5.92 Å². The number of halogens is 2. The first-order chi connectivity index (χ1) is 18.2. The smallest absolute Gasteiger partial charge is 0.0567 e. The largest absolute Gasteiger partial charge is 0.310 e. The standard InChI is InChI=1S/C34H27BrIN/c1-22(21-36)23-18-19-32-29(20-23)34(26-13-6-5-12-25(26)33-28(34)15-9-16-30(33)35)27-14-7-8-17-31(27)37(32)24-10-3-2-4-11-24/h2-20,22,28,33H,21H2,1H3. The van der Waals surface area contributed by atoms with Crippen LogP contribution in [-0.2, 0) is 5.41 Å². The summed E-state index contributed by atoms with van der Waals surface area (Å²) in [5.74, 6) is 1.08. The number of hydrogen-bond donors (Lipinski definition) is 0. The molecule has 4 aromatic carbocycles. The van der Waals surface area contributed by atoms with E-state index in [-0.39, 0.29) is 11.3 Å². The van der Waals surface area contributed by atoms with Crippen molar-refractivity contribution < 1.29 is 0 Å². The van der Waals surface area contributed by atoms with Crippen LogP contribution in [0, 0.1) is 5.92 Å². The number of allylic oxidation sites excluding steroid dienone is 4. The van der Waals surface area contributed by atoms with Gasteiger partial charge in [0.15, 0.2) is 0 Å². The minimum Gasteiger partial charge on any atom is -0.310 e. The number of benzene rings is 4. The zero-order chi connectivity index (χ0) is 25.1. The Balaban J connectivity index is 1.63. The Morgan fingerprint density at radius 2 is 1.54 bits per heavy atom. The first-order valence-electron chi connectivity index (χ1n) is 12.9. The van der Waals surface area contributed by atoms with Gasteiger partial charge in [-0.15, -0.1) is 0 Å². The molecular weight excluding hydrogens is 629 g/mol. The van der Waals surface area contributed by atoms with E-state index >= 15 is 0 Å². The van der Waals surface area contributed by atoms with Crippen LogP contribution in [0.5, 0.6) is 0 Å². The molecule has 0 saturated carbocycles. The van der Waals surface area contributed by atoms with Crippen LogP contribution in [0.4, 0.5) is 17.1 Å². The van der Waals surface area contributed by atoms with Gasteiger partial charge in [0, 0.05) is 26.4 Å². The van der Waals surface area contributed by atoms with E-state index in [4.69, 9.17) is 0 Å². The molecule has 1 nitrogen and oxygen atoms in total. The average Bonchev–Trinajstić information content (AvgIpc) is 3.25. The van der Waals surface area contributed by atoms with Gasteiger partial charge in [0.1, 0.15) is 0 Å². The summed E-state index contributed by atoms with van der Waals surface area (Å²) in [6.07, 6.45) is 6.95. The maximum absolute atomic E-state index is 3.99. The second kappa shape index (κ2) is 8.99. The normalized spacial score (nSPS) is 23.6. The fourth-order valence-electron chi connectivity index (χ4n) is 6.94. The highest BCUT2D eigenvalue weighted by molar-refractivity contribution is 14.1. The van der Waals surface area contributed by atoms with Crippen molar-refractivity contribution in [1.29, 1.82) is 0 Å². The molecule has 0 bridgehead atoms. The molecule has 2 aliphatic carbocycles. The highest BCUT2D eigenvalue weighted by Crippen LogP contribution is 2.67. The van der Waals surface area contributed by atoms with Crippen molar-refractivity contribution in [3.05, 3.63) is 148 Å². The minimum absolute atomic E-state index is 0.275. The number of alkyl halides is 1. The Morgan fingerprint density at radius 1 is 0.838 bits per heavy atom. The van der Waals surface area contributed by atoms with E-state index in [0.717, 1.165) is 4.43 Å². The molecule has 0 N–H and O–H groups in total. The van der Waals surface area contributed by atoms with E-state index in [9.17, 15) is 0 Å². The summed E-state index contributed by atoms with van der Waals surface area (Å²) in [4.78, 5) is 2.47. The van der Waals surface area contributed by atoms with Crippen molar-refractivity contribution in [3.8, 4) is 0 Å². The van der Waals surface area contributed by atoms with Crippen molar-refractivity contribution in [2.45, 2.75) is 24.2 Å². The predicted molar refractivity (Wildman–Crippen MR) is 167 cm³/mol. The molecule has 0 radical (unpaired) electrons. The lowest BCUT2D eigenvalue weighted by Crippen LogP contribution is -2.40. The molecule has 1 heterocycles. The summed E-state index contributed by atoms with van der Waals surface area (Å²) in [6.45, 7) is 2.35. The molecule has 7 rings (SSSR count). The topological polar surface area (TPSA) is 3.24 Å². The molecule has 3 heteroatoms. The molecular formula is C34H27BrIN. The van der Waals surface area contributed by atoms with Crippen LogP contribution in [0.2, 0.25) is 0 Å². The Bertz CT molecular complexity index is 1570. The van der Waals surface area contributed by atoms with Crippen LogP contribution >= 0.6 is 38.5 Å². The summed E-state index contributed by atoms with van der Waals surface area (Å²) < 4.78 is 2.37. The van der Waals surface area contributed by atoms with E-state index in [0.29, 0.717) is 11.8 Å². The first kappa shape index (κ1) is 23.5. The van der Waals surface area contributed by atoms with Gasteiger partial charge in [-0.05, 0) is 58.0 Å². The lowest BCUT2D eigenvalue weighted by atomic mass is 9.60. The van der Waals surface area contributed by atoms with E-state index < -0.39 is 0 Å². The quantitative estimate of drug-likeness (QED) is 0.157. The molecule has 3 aliphatic rings. The number of nitrogens with zero attached hydrogens (tertiary/aromatic N) is 1. The van der Waals surface area contributed by atoms with Gasteiger partial charge in [0.05, 0.1) is 16.8 Å². The minimum atomic E-state index is -0.275. The van der Waals surface area contributed by atoms with E-state index in [1.54, 1.807) is 0 Å². The summed E-state index contributed by atoms with van der Waals surface area (Å²) in [6, 6.07) is 36.3. The molecule has 0 aromatic heterocycles. The van der Waals surface area contributed by atoms with Crippen molar-refractivity contribution in [2.75, 3.05) is 9.33 Å². The molecule has 1 aliphatic heterocycles. The molecule has 37 heavy (non-hydrogen) atoms. The molecule has 4 aromatic rings. The Morgan fingerprint density at radius 3 is 2.35 bits per heavy atom. The van der Waals surface area contributed by atoms with Gasteiger partial charge in [0.25, 0.3) is 0 Å². The third-order valence-corrected chi connectivity index (χ3v) is 10.6. The number of para-hydroxylation sites is 2. The fraction of sp³-hybridized carbons (Fsp3) is 0.176. The lowest BCUT2D eigenvalue weighted by molar-refractivity contribution is 0.451. The van der Waals surface area contributed by atoms with E-state index in [2.05, 4.69) is 166 Å². The van der Waals surface area contributed by atoms with Gasteiger partial charge >= 0.3 is 0 Å². The summed E-state index contributed by atoms with van der Waals surface area (Å²) in [7, 11) is 0. The SMILES string of the molecule is CC(CI)c1ccc2c(c1)C1(c3ccccc3C3C(Br)=CC=CC31)c1ccccc1N2c1ccccc1. The van der Waals surface area contributed by atoms with Crippen molar-refractivity contribution >= 4 is 55.6 Å². The van der Waals surface area contributed by atoms with Gasteiger partial charge in [-0.1, -0.05) is 136 Å². The van der Waals surface area contributed by atoms with Gasteiger partial charge in [-0.25, -0.2) is 0 Å². The zero-order valence-corrected chi connectivity index (χ0v) is 24.4. The molecule has 0 saturated heterocycles. The second-order valence-electron chi connectivity index (χ2n) is 10.4. The molecule has 0 amide bonds. The van der Waals surface area contributed by atoms with Gasteiger partial charge < -0.3 is 4.90 Å². The van der Waals surface area contributed by atoms with Crippen LogP contribution in [0.15, 0.2) is 120 Å². The van der Waals surface area contributed by atoms with Gasteiger partial charge in [-0.2, -0.15) is 0 Å². The van der Waals surface area contributed by atoms with Crippen molar-refractivity contribution in [1.82, 2.24) is 0 Å². The molecule has 0 fully saturated rings. The molecule has 4 atom stereocenters. The fourth-order valence-corrected chi connectivity index (χ4v) is 8.13. The highest BCUT2D eigenvalue weighted by Gasteiger charge is 2.58. The number of fused-ring (bicyclic) bond motifs is 9. The summed E-state index contributed by atoms with van der Waals surface area (Å²) in [5, 5.41) is 0. The van der Waals surface area contributed by atoms with Crippen LogP contribution in [0.25, 0.3) is 0 Å².